The van der Waals surface area contributed by atoms with Crippen molar-refractivity contribution in [2.45, 2.75) is 59.7 Å². The van der Waals surface area contributed by atoms with Crippen LogP contribution in [0, 0.1) is 0 Å². The lowest BCUT2D eigenvalue weighted by molar-refractivity contribution is -0.132. The maximum atomic E-state index is 12.7. The van der Waals surface area contributed by atoms with Crippen molar-refractivity contribution in [2.75, 3.05) is 0 Å². The third-order valence-electron chi connectivity index (χ3n) is 6.57. The third kappa shape index (κ3) is 5.92. The quantitative estimate of drug-likeness (QED) is 0.128. The zero-order chi connectivity index (χ0) is 30.0. The number of rotatable bonds is 9. The molecule has 210 valence electrons. The molecule has 1 aliphatic rings. The summed E-state index contributed by atoms with van der Waals surface area (Å²) in [6.07, 6.45) is -1.37. The van der Waals surface area contributed by atoms with E-state index in [1.165, 1.54) is 26.8 Å². The smallest absolute Gasteiger partial charge is 0.338 e. The molecule has 0 aromatic heterocycles. The summed E-state index contributed by atoms with van der Waals surface area (Å²) in [5, 5.41) is 10.6. The van der Waals surface area contributed by atoms with Crippen molar-refractivity contribution in [2.24, 2.45) is 0 Å². The Hall–Kier alpha value is -4.43. The summed E-state index contributed by atoms with van der Waals surface area (Å²) in [4.78, 5) is 37.5. The predicted octanol–water partition coefficient (Wildman–Crippen LogP) is 6.29. The van der Waals surface area contributed by atoms with Crippen LogP contribution in [0.4, 0.5) is 0 Å². The highest BCUT2D eigenvalue weighted by Gasteiger charge is 2.37. The van der Waals surface area contributed by atoms with Crippen LogP contribution in [0.15, 0.2) is 72.9 Å². The van der Waals surface area contributed by atoms with Gasteiger partial charge < -0.3 is 24.1 Å². The van der Waals surface area contributed by atoms with Gasteiger partial charge >= 0.3 is 17.9 Å². The van der Waals surface area contributed by atoms with Crippen molar-refractivity contribution in [3.8, 4) is 34.1 Å². The number of aliphatic hydroxyl groups is 1. The Morgan fingerprint density at radius 2 is 1.05 bits per heavy atom. The molecule has 3 atom stereocenters. The molecule has 3 unspecified atom stereocenters. The van der Waals surface area contributed by atoms with Crippen molar-refractivity contribution < 1.29 is 38.4 Å². The van der Waals surface area contributed by atoms with Gasteiger partial charge in [0, 0.05) is 27.8 Å². The number of aliphatic hydroxyl groups excluding tert-OH is 1. The van der Waals surface area contributed by atoms with Gasteiger partial charge in [0.05, 0.1) is 0 Å². The normalized spacial score (nSPS) is 16.0. The van der Waals surface area contributed by atoms with Gasteiger partial charge in [-0.05, 0) is 68.4 Å². The second-order valence-corrected chi connectivity index (χ2v) is 10.1. The molecule has 0 spiro atoms. The van der Waals surface area contributed by atoms with E-state index in [1.807, 2.05) is 13.8 Å². The van der Waals surface area contributed by atoms with Gasteiger partial charge in [0.1, 0.15) is 0 Å². The minimum absolute atomic E-state index is 0.0602. The highest BCUT2D eigenvalue weighted by Crippen LogP contribution is 2.56. The molecule has 8 heteroatoms. The van der Waals surface area contributed by atoms with Gasteiger partial charge in [0.15, 0.2) is 23.0 Å². The Balaban J connectivity index is 2.33. The summed E-state index contributed by atoms with van der Waals surface area (Å²) < 4.78 is 22.8. The lowest BCUT2D eigenvalue weighted by Crippen LogP contribution is -2.23. The summed E-state index contributed by atoms with van der Waals surface area (Å²) in [5.74, 6) is -2.20. The minimum Gasteiger partial charge on any atom is -0.457 e. The van der Waals surface area contributed by atoms with Crippen LogP contribution in [0.2, 0.25) is 0 Å². The standard InChI is InChI=1S/C32H34O8/c1-15(2)29(33)37-23-13-11-21-22-12-14-24(38-30(34)16(3)4)28(40-32(36)18(7)8)26(22)20(10)19(9)25(21)27(23)39-31(35)17(5)6/h11-14,19-20,31,35H,1,3,5,7H2,2,4,6,8-10H3. The van der Waals surface area contributed by atoms with Crippen LogP contribution in [0.3, 0.4) is 0 Å². The first-order chi connectivity index (χ1) is 18.6. The molecule has 8 nitrogen and oxygen atoms in total. The number of benzene rings is 2. The molecule has 3 rings (SSSR count). The molecule has 1 aliphatic carbocycles. The van der Waals surface area contributed by atoms with E-state index in [0.29, 0.717) is 27.8 Å². The van der Waals surface area contributed by atoms with Gasteiger partial charge in [0.2, 0.25) is 6.29 Å². The van der Waals surface area contributed by atoms with Gasteiger partial charge in [0.25, 0.3) is 0 Å². The first-order valence-electron chi connectivity index (χ1n) is 12.6. The van der Waals surface area contributed by atoms with Gasteiger partial charge in [-0.1, -0.05) is 52.3 Å². The van der Waals surface area contributed by atoms with Crippen molar-refractivity contribution in [3.63, 3.8) is 0 Å². The van der Waals surface area contributed by atoms with E-state index in [1.54, 1.807) is 25.1 Å². The molecule has 2 aromatic carbocycles. The van der Waals surface area contributed by atoms with Gasteiger partial charge in [-0.25, -0.2) is 14.4 Å². The molecule has 0 saturated heterocycles. The van der Waals surface area contributed by atoms with Crippen LogP contribution in [0.1, 0.15) is 64.5 Å². The first kappa shape index (κ1) is 30.1. The number of carbonyl (C=O) groups is 3. The number of hydrogen-bond donors (Lipinski definition) is 1. The fourth-order valence-electron chi connectivity index (χ4n) is 4.19. The van der Waals surface area contributed by atoms with Crippen molar-refractivity contribution in [1.29, 1.82) is 0 Å². The van der Waals surface area contributed by atoms with Gasteiger partial charge in [-0.15, -0.1) is 0 Å². The van der Waals surface area contributed by atoms with E-state index < -0.39 is 24.2 Å². The van der Waals surface area contributed by atoms with Gasteiger partial charge in [-0.3, -0.25) is 0 Å². The summed E-state index contributed by atoms with van der Waals surface area (Å²) in [6.45, 7) is 24.7. The Morgan fingerprint density at radius 1 is 0.675 bits per heavy atom. The van der Waals surface area contributed by atoms with Crippen LogP contribution < -0.4 is 18.9 Å². The Morgan fingerprint density at radius 3 is 1.45 bits per heavy atom. The molecule has 0 saturated carbocycles. The van der Waals surface area contributed by atoms with Crippen LogP contribution in [-0.2, 0) is 14.4 Å². The van der Waals surface area contributed by atoms with E-state index in [9.17, 15) is 19.5 Å². The molecule has 1 N–H and O–H groups in total. The van der Waals surface area contributed by atoms with Crippen LogP contribution in [0.5, 0.6) is 23.0 Å². The molecular weight excluding hydrogens is 512 g/mol. The SMILES string of the molecule is C=C(C)C(=O)Oc1ccc2c(c1OC(=O)C(=C)C)C(C)C(C)c1c-2ccc(OC(=O)C(=C)C)c1OC(O)C(=C)C. The van der Waals surface area contributed by atoms with Crippen molar-refractivity contribution >= 4 is 17.9 Å². The van der Waals surface area contributed by atoms with Crippen molar-refractivity contribution in [1.82, 2.24) is 0 Å². The van der Waals surface area contributed by atoms with E-state index >= 15 is 0 Å². The number of carbonyl (C=O) groups excluding carboxylic acids is 3. The summed E-state index contributed by atoms with van der Waals surface area (Å²) in [7, 11) is 0. The molecule has 0 bridgehead atoms. The van der Waals surface area contributed by atoms with Crippen LogP contribution in [0.25, 0.3) is 11.1 Å². The average molecular weight is 547 g/mol. The summed E-state index contributed by atoms with van der Waals surface area (Å²) in [5.41, 5.74) is 3.53. The summed E-state index contributed by atoms with van der Waals surface area (Å²) in [6, 6.07) is 6.59. The van der Waals surface area contributed by atoms with E-state index in [-0.39, 0.29) is 51.6 Å². The maximum Gasteiger partial charge on any atom is 0.338 e. The molecular formula is C32H34O8. The zero-order valence-electron chi connectivity index (χ0n) is 23.7. The number of hydrogen-bond acceptors (Lipinski definition) is 8. The predicted molar refractivity (Wildman–Crippen MR) is 152 cm³/mol. The Labute approximate surface area is 234 Å². The second-order valence-electron chi connectivity index (χ2n) is 10.1. The number of ether oxygens (including phenoxy) is 4. The fourth-order valence-corrected chi connectivity index (χ4v) is 4.19. The average Bonchev–Trinajstić information content (AvgIpc) is 2.88. The van der Waals surface area contributed by atoms with Crippen LogP contribution >= 0.6 is 0 Å². The van der Waals surface area contributed by atoms with Crippen molar-refractivity contribution in [3.05, 3.63) is 84.0 Å². The third-order valence-corrected chi connectivity index (χ3v) is 6.57. The number of esters is 3. The monoisotopic (exact) mass is 546 g/mol. The van der Waals surface area contributed by atoms with E-state index in [0.717, 1.165) is 0 Å². The first-order valence-corrected chi connectivity index (χ1v) is 12.6. The Kier molecular flexibility index (Phi) is 8.85. The van der Waals surface area contributed by atoms with E-state index in [4.69, 9.17) is 18.9 Å². The molecule has 0 radical (unpaired) electrons. The molecule has 2 aromatic rings. The minimum atomic E-state index is -1.37. The van der Waals surface area contributed by atoms with Gasteiger partial charge in [-0.2, -0.15) is 0 Å². The lowest BCUT2D eigenvalue weighted by atomic mass is 9.72. The summed E-state index contributed by atoms with van der Waals surface area (Å²) >= 11 is 0. The highest BCUT2D eigenvalue weighted by atomic mass is 16.6. The molecule has 0 fully saturated rings. The molecule has 0 heterocycles. The molecule has 40 heavy (non-hydrogen) atoms. The Bertz CT molecular complexity index is 1460. The van der Waals surface area contributed by atoms with Crippen LogP contribution in [-0.4, -0.2) is 29.3 Å². The highest BCUT2D eigenvalue weighted by molar-refractivity contribution is 5.93. The largest absolute Gasteiger partial charge is 0.457 e. The fraction of sp³-hybridized carbons (Fsp3) is 0.281. The number of fused-ring (bicyclic) bond motifs is 3. The molecule has 0 aliphatic heterocycles. The maximum absolute atomic E-state index is 12.7. The molecule has 0 amide bonds. The zero-order valence-corrected chi connectivity index (χ0v) is 23.7. The topological polar surface area (TPSA) is 108 Å². The second kappa shape index (κ2) is 11.8. The van der Waals surface area contributed by atoms with E-state index in [2.05, 4.69) is 26.3 Å². The lowest BCUT2D eigenvalue weighted by Gasteiger charge is -2.35.